The van der Waals surface area contributed by atoms with Crippen LogP contribution in [-0.2, 0) is 24.7 Å². The zero-order valence-corrected chi connectivity index (χ0v) is 15.7. The summed E-state index contributed by atoms with van der Waals surface area (Å²) in [5.41, 5.74) is 0.690. The fraction of sp³-hybridized carbons (Fsp3) is 0.235. The van der Waals surface area contributed by atoms with E-state index in [1.54, 1.807) is 0 Å². The first-order chi connectivity index (χ1) is 12.6. The number of hydrogen-bond acceptors (Lipinski definition) is 5. The van der Waals surface area contributed by atoms with E-state index >= 15 is 0 Å². The van der Waals surface area contributed by atoms with Crippen LogP contribution in [0.4, 0.5) is 15.8 Å². The van der Waals surface area contributed by atoms with E-state index in [0.29, 0.717) is 12.1 Å². The highest BCUT2D eigenvalue weighted by Crippen LogP contribution is 2.22. The third-order valence-corrected chi connectivity index (χ3v) is 7.30. The second kappa shape index (κ2) is 7.28. The first-order valence-corrected chi connectivity index (χ1v) is 11.3. The molecule has 0 aliphatic carbocycles. The highest BCUT2D eigenvalue weighted by Gasteiger charge is 2.32. The molecule has 144 valence electrons. The molecule has 1 saturated heterocycles. The van der Waals surface area contributed by atoms with Crippen LogP contribution < -0.4 is 10.0 Å². The molecular formula is C17H17FN2O5S2. The van der Waals surface area contributed by atoms with Gasteiger partial charge in [-0.05, 0) is 55.0 Å². The van der Waals surface area contributed by atoms with Gasteiger partial charge in [-0.15, -0.1) is 0 Å². The highest BCUT2D eigenvalue weighted by molar-refractivity contribution is 7.92. The van der Waals surface area contributed by atoms with Crippen molar-refractivity contribution in [1.82, 2.24) is 0 Å². The van der Waals surface area contributed by atoms with Crippen molar-refractivity contribution in [3.8, 4) is 0 Å². The van der Waals surface area contributed by atoms with E-state index in [1.807, 2.05) is 0 Å². The summed E-state index contributed by atoms with van der Waals surface area (Å²) in [4.78, 5) is 12.0. The number of rotatable bonds is 5. The van der Waals surface area contributed by atoms with E-state index < -0.39 is 31.6 Å². The highest BCUT2D eigenvalue weighted by atomic mass is 32.2. The fourth-order valence-electron chi connectivity index (χ4n) is 2.70. The van der Waals surface area contributed by atoms with E-state index in [9.17, 15) is 26.0 Å². The third kappa shape index (κ3) is 4.83. The minimum Gasteiger partial charge on any atom is -0.326 e. The van der Waals surface area contributed by atoms with Crippen molar-refractivity contribution < 1.29 is 26.0 Å². The molecule has 27 heavy (non-hydrogen) atoms. The average molecular weight is 412 g/mol. The minimum atomic E-state index is -3.86. The summed E-state index contributed by atoms with van der Waals surface area (Å²) in [6.45, 7) is 0. The maximum Gasteiger partial charge on any atom is 0.261 e. The van der Waals surface area contributed by atoms with Crippen molar-refractivity contribution in [2.75, 3.05) is 21.5 Å². The zero-order valence-electron chi connectivity index (χ0n) is 14.1. The Morgan fingerprint density at radius 2 is 1.59 bits per heavy atom. The molecule has 1 atom stereocenters. The molecule has 0 aromatic heterocycles. The fourth-order valence-corrected chi connectivity index (χ4v) is 5.50. The van der Waals surface area contributed by atoms with Gasteiger partial charge in [0.15, 0.2) is 9.84 Å². The summed E-state index contributed by atoms with van der Waals surface area (Å²) in [6, 6.07) is 10.3. The van der Waals surface area contributed by atoms with Gasteiger partial charge >= 0.3 is 0 Å². The van der Waals surface area contributed by atoms with E-state index in [1.165, 1.54) is 24.3 Å². The Morgan fingerprint density at radius 1 is 1.00 bits per heavy atom. The molecule has 1 amide bonds. The molecule has 0 saturated carbocycles. The van der Waals surface area contributed by atoms with Gasteiger partial charge in [0.1, 0.15) is 5.82 Å². The number of carbonyl (C=O) groups excluding carboxylic acids is 1. The molecule has 0 unspecified atom stereocenters. The van der Waals surface area contributed by atoms with Crippen molar-refractivity contribution in [2.45, 2.75) is 11.3 Å². The Hall–Kier alpha value is -2.46. The molecule has 2 aromatic carbocycles. The predicted octanol–water partition coefficient (Wildman–Crippen LogP) is 2.00. The van der Waals surface area contributed by atoms with Gasteiger partial charge < -0.3 is 5.32 Å². The molecule has 7 nitrogen and oxygen atoms in total. The van der Waals surface area contributed by atoms with Crippen LogP contribution in [0.5, 0.6) is 0 Å². The number of carbonyl (C=O) groups is 1. The quantitative estimate of drug-likeness (QED) is 0.781. The van der Waals surface area contributed by atoms with Crippen LogP contribution in [0.25, 0.3) is 0 Å². The van der Waals surface area contributed by atoms with E-state index in [0.717, 1.165) is 24.3 Å². The maximum absolute atomic E-state index is 12.9. The van der Waals surface area contributed by atoms with Gasteiger partial charge in [-0.1, -0.05) is 0 Å². The second-order valence-electron chi connectivity index (χ2n) is 6.23. The van der Waals surface area contributed by atoms with Crippen LogP contribution in [0.3, 0.4) is 0 Å². The Labute approximate surface area is 156 Å². The van der Waals surface area contributed by atoms with Crippen molar-refractivity contribution in [3.05, 3.63) is 54.3 Å². The van der Waals surface area contributed by atoms with Gasteiger partial charge in [0.25, 0.3) is 10.0 Å². The first-order valence-electron chi connectivity index (χ1n) is 8.04. The molecule has 3 rings (SSSR count). The van der Waals surface area contributed by atoms with Crippen LogP contribution in [0, 0.1) is 11.7 Å². The summed E-state index contributed by atoms with van der Waals surface area (Å²) in [6.07, 6.45) is 0.295. The number of anilines is 2. The Bertz CT molecular complexity index is 1050. The summed E-state index contributed by atoms with van der Waals surface area (Å²) < 4.78 is 62.7. The summed E-state index contributed by atoms with van der Waals surface area (Å²) in [5.74, 6) is -1.64. The smallest absolute Gasteiger partial charge is 0.261 e. The number of benzene rings is 2. The van der Waals surface area contributed by atoms with Gasteiger partial charge in [0.2, 0.25) is 5.91 Å². The first kappa shape index (κ1) is 19.3. The zero-order chi connectivity index (χ0) is 19.7. The van der Waals surface area contributed by atoms with Crippen molar-refractivity contribution in [2.24, 2.45) is 5.92 Å². The molecule has 10 heteroatoms. The third-order valence-electron chi connectivity index (χ3n) is 4.13. The molecule has 1 aliphatic rings. The van der Waals surface area contributed by atoms with Crippen molar-refractivity contribution >= 4 is 37.1 Å². The van der Waals surface area contributed by atoms with Gasteiger partial charge in [-0.25, -0.2) is 21.2 Å². The Balaban J connectivity index is 1.65. The molecule has 1 fully saturated rings. The molecule has 0 spiro atoms. The van der Waals surface area contributed by atoms with Crippen LogP contribution in [-0.4, -0.2) is 34.2 Å². The lowest BCUT2D eigenvalue weighted by Gasteiger charge is -2.11. The molecule has 0 radical (unpaired) electrons. The maximum atomic E-state index is 12.9. The summed E-state index contributed by atoms with van der Waals surface area (Å²) in [5, 5.41) is 2.63. The molecule has 2 aromatic rings. The molecule has 0 bridgehead atoms. The lowest BCUT2D eigenvalue weighted by atomic mass is 10.1. The number of halogens is 1. The van der Waals surface area contributed by atoms with Gasteiger partial charge in [0.05, 0.1) is 22.3 Å². The monoisotopic (exact) mass is 412 g/mol. The van der Waals surface area contributed by atoms with E-state index in [-0.39, 0.29) is 28.0 Å². The van der Waals surface area contributed by atoms with Crippen LogP contribution in [0.15, 0.2) is 53.4 Å². The summed E-state index contributed by atoms with van der Waals surface area (Å²) >= 11 is 0. The minimum absolute atomic E-state index is 0.00912. The molecule has 1 heterocycles. The summed E-state index contributed by atoms with van der Waals surface area (Å²) in [7, 11) is -7.01. The number of sulfone groups is 1. The van der Waals surface area contributed by atoms with Gasteiger partial charge in [-0.2, -0.15) is 0 Å². The average Bonchev–Trinajstić information content (AvgIpc) is 2.97. The standard InChI is InChI=1S/C17H17FN2O5S2/c18-13-1-7-16(8-2-13)27(24,25)20-15-5-3-14(4-6-15)19-17(21)12-9-10-26(22,23)11-12/h1-8,12,20H,9-11H2,(H,19,21)/t12-/m1/s1. The van der Waals surface area contributed by atoms with Gasteiger partial charge in [-0.3, -0.25) is 9.52 Å². The molecule has 2 N–H and O–H groups in total. The number of amides is 1. The van der Waals surface area contributed by atoms with E-state index in [2.05, 4.69) is 10.0 Å². The van der Waals surface area contributed by atoms with Gasteiger partial charge in [0, 0.05) is 11.4 Å². The van der Waals surface area contributed by atoms with Crippen LogP contribution >= 0.6 is 0 Å². The molecular weight excluding hydrogens is 395 g/mol. The topological polar surface area (TPSA) is 109 Å². The lowest BCUT2D eigenvalue weighted by Crippen LogP contribution is -2.23. The lowest BCUT2D eigenvalue weighted by molar-refractivity contribution is -0.119. The largest absolute Gasteiger partial charge is 0.326 e. The van der Waals surface area contributed by atoms with Crippen molar-refractivity contribution in [1.29, 1.82) is 0 Å². The van der Waals surface area contributed by atoms with Crippen molar-refractivity contribution in [3.63, 3.8) is 0 Å². The van der Waals surface area contributed by atoms with Crippen LogP contribution in [0.1, 0.15) is 6.42 Å². The molecule has 1 aliphatic heterocycles. The van der Waals surface area contributed by atoms with Crippen LogP contribution in [0.2, 0.25) is 0 Å². The van der Waals surface area contributed by atoms with E-state index in [4.69, 9.17) is 0 Å². The number of sulfonamides is 1. The number of hydrogen-bond donors (Lipinski definition) is 2. The predicted molar refractivity (Wildman–Crippen MR) is 99.0 cm³/mol. The SMILES string of the molecule is O=C(Nc1ccc(NS(=O)(=O)c2ccc(F)cc2)cc1)[C@@H]1CCS(=O)(=O)C1. The Morgan fingerprint density at radius 3 is 2.15 bits per heavy atom. The normalized spacial score (nSPS) is 18.8. The number of nitrogens with one attached hydrogen (secondary N) is 2. The Kier molecular flexibility index (Phi) is 5.20. The second-order valence-corrected chi connectivity index (χ2v) is 10.1.